The van der Waals surface area contributed by atoms with Gasteiger partial charge in [-0.25, -0.2) is 4.98 Å². The zero-order valence-electron chi connectivity index (χ0n) is 15.3. The molecule has 0 aliphatic carbocycles. The topological polar surface area (TPSA) is 84.0 Å². The van der Waals surface area contributed by atoms with Crippen molar-refractivity contribution in [3.05, 3.63) is 64.8 Å². The number of halogens is 1. The highest BCUT2D eigenvalue weighted by Crippen LogP contribution is 2.24. The number of thiazole rings is 1. The van der Waals surface area contributed by atoms with Crippen LogP contribution in [-0.2, 0) is 4.79 Å². The molecule has 0 saturated heterocycles. The quantitative estimate of drug-likeness (QED) is 0.631. The molecule has 0 radical (unpaired) electrons. The largest absolute Gasteiger partial charge is 0.340 e. The summed E-state index contributed by atoms with van der Waals surface area (Å²) in [5, 5.41) is 8.44. The predicted molar refractivity (Wildman–Crippen MR) is 112 cm³/mol. The van der Waals surface area contributed by atoms with Gasteiger partial charge in [-0.1, -0.05) is 25.4 Å². The molecule has 0 bridgehead atoms. The number of carbonyl (C=O) groups is 2. The van der Waals surface area contributed by atoms with Crippen LogP contribution in [0.5, 0.6) is 0 Å². The second kappa shape index (κ2) is 8.95. The minimum atomic E-state index is -0.700. The minimum absolute atomic E-state index is 0.103. The summed E-state index contributed by atoms with van der Waals surface area (Å²) in [6, 6.07) is 9.54. The van der Waals surface area contributed by atoms with E-state index in [4.69, 9.17) is 11.6 Å². The van der Waals surface area contributed by atoms with E-state index in [9.17, 15) is 9.59 Å². The Balaban J connectivity index is 1.69. The molecule has 2 heterocycles. The second-order valence-corrected chi connectivity index (χ2v) is 7.77. The summed E-state index contributed by atoms with van der Waals surface area (Å²) >= 11 is 7.17. The maximum atomic E-state index is 12.7. The molecule has 0 unspecified atom stereocenters. The molecule has 3 rings (SSSR count). The van der Waals surface area contributed by atoms with Gasteiger partial charge in [0.05, 0.1) is 5.69 Å². The first-order valence-corrected chi connectivity index (χ1v) is 9.93. The van der Waals surface area contributed by atoms with Crippen LogP contribution in [0.15, 0.2) is 54.2 Å². The van der Waals surface area contributed by atoms with E-state index in [1.54, 1.807) is 36.7 Å². The molecule has 0 spiro atoms. The first-order valence-electron chi connectivity index (χ1n) is 8.67. The molecule has 0 saturated carbocycles. The van der Waals surface area contributed by atoms with Crippen molar-refractivity contribution in [1.29, 1.82) is 0 Å². The third-order valence-corrected chi connectivity index (χ3v) is 5.04. The van der Waals surface area contributed by atoms with E-state index in [0.29, 0.717) is 15.7 Å². The Morgan fingerprint density at radius 2 is 1.89 bits per heavy atom. The summed E-state index contributed by atoms with van der Waals surface area (Å²) < 4.78 is 0. The number of carbonyl (C=O) groups excluding carboxylic acids is 2. The molecule has 2 aromatic heterocycles. The highest BCUT2D eigenvalue weighted by atomic mass is 35.5. The first-order chi connectivity index (χ1) is 13.4. The van der Waals surface area contributed by atoms with Gasteiger partial charge < -0.3 is 10.6 Å². The zero-order valence-corrected chi connectivity index (χ0v) is 16.9. The van der Waals surface area contributed by atoms with E-state index in [1.807, 2.05) is 31.4 Å². The third-order valence-electron chi connectivity index (χ3n) is 4.03. The van der Waals surface area contributed by atoms with Gasteiger partial charge in [0.15, 0.2) is 5.13 Å². The van der Waals surface area contributed by atoms with E-state index >= 15 is 0 Å². The van der Waals surface area contributed by atoms with Gasteiger partial charge in [0, 0.05) is 33.9 Å². The number of amides is 2. The molecule has 8 heteroatoms. The van der Waals surface area contributed by atoms with Gasteiger partial charge in [-0.05, 0) is 42.3 Å². The van der Waals surface area contributed by atoms with Crippen LogP contribution in [0.2, 0.25) is 5.02 Å². The number of hydrogen-bond acceptors (Lipinski definition) is 5. The SMILES string of the molecule is CC(C)[C@H](NC(=O)c1ccc(Cl)cc1)C(=O)Nc1nc(-c2cccnc2)cs1. The molecule has 0 aliphatic heterocycles. The van der Waals surface area contributed by atoms with Gasteiger partial charge in [0.1, 0.15) is 6.04 Å². The number of aromatic nitrogens is 2. The number of rotatable bonds is 6. The molecule has 6 nitrogen and oxygen atoms in total. The van der Waals surface area contributed by atoms with Crippen molar-refractivity contribution in [1.82, 2.24) is 15.3 Å². The molecule has 1 aromatic carbocycles. The monoisotopic (exact) mass is 414 g/mol. The number of benzene rings is 1. The fourth-order valence-electron chi connectivity index (χ4n) is 2.52. The van der Waals surface area contributed by atoms with Gasteiger partial charge in [0.2, 0.25) is 5.91 Å². The standard InChI is InChI=1S/C20H19ClN4O2S/c1-12(2)17(24-18(26)13-5-7-15(21)8-6-13)19(27)25-20-23-16(11-28-20)14-4-3-9-22-10-14/h3-12,17H,1-2H3,(H,24,26)(H,23,25,27)/t17-/m0/s1. The van der Waals surface area contributed by atoms with Gasteiger partial charge >= 0.3 is 0 Å². The van der Waals surface area contributed by atoms with Crippen LogP contribution in [0.4, 0.5) is 5.13 Å². The maximum absolute atomic E-state index is 12.7. The number of pyridine rings is 1. The van der Waals surface area contributed by atoms with Crippen molar-refractivity contribution < 1.29 is 9.59 Å². The average molecular weight is 415 g/mol. The normalized spacial score (nSPS) is 11.9. The van der Waals surface area contributed by atoms with E-state index < -0.39 is 6.04 Å². The molecule has 144 valence electrons. The van der Waals surface area contributed by atoms with Crippen molar-refractivity contribution >= 4 is 39.9 Å². The Kier molecular flexibility index (Phi) is 6.38. The van der Waals surface area contributed by atoms with Crippen LogP contribution in [-0.4, -0.2) is 27.8 Å². The van der Waals surface area contributed by atoms with E-state index in [1.165, 1.54) is 11.3 Å². The van der Waals surface area contributed by atoms with E-state index in [2.05, 4.69) is 20.6 Å². The first kappa shape index (κ1) is 20.0. The predicted octanol–water partition coefficient (Wildman–Crippen LogP) is 4.25. The Bertz CT molecular complexity index is 958. The number of nitrogens with one attached hydrogen (secondary N) is 2. The number of anilines is 1. The van der Waals surface area contributed by atoms with Crippen molar-refractivity contribution in [2.24, 2.45) is 5.92 Å². The minimum Gasteiger partial charge on any atom is -0.340 e. The summed E-state index contributed by atoms with van der Waals surface area (Å²) in [6.07, 6.45) is 3.40. The van der Waals surface area contributed by atoms with Crippen LogP contribution in [0, 0.1) is 5.92 Å². The van der Waals surface area contributed by atoms with Crippen LogP contribution in [0.1, 0.15) is 24.2 Å². The van der Waals surface area contributed by atoms with E-state index in [0.717, 1.165) is 11.3 Å². The van der Waals surface area contributed by atoms with Crippen molar-refractivity contribution in [2.75, 3.05) is 5.32 Å². The lowest BCUT2D eigenvalue weighted by atomic mass is 10.0. The highest BCUT2D eigenvalue weighted by molar-refractivity contribution is 7.14. The molecule has 28 heavy (non-hydrogen) atoms. The molecule has 2 N–H and O–H groups in total. The summed E-state index contributed by atoms with van der Waals surface area (Å²) in [6.45, 7) is 3.74. The average Bonchev–Trinajstić information content (AvgIpc) is 3.15. The smallest absolute Gasteiger partial charge is 0.251 e. The van der Waals surface area contributed by atoms with Crippen LogP contribution in [0.25, 0.3) is 11.3 Å². The lowest BCUT2D eigenvalue weighted by Crippen LogP contribution is -2.47. The Hall–Kier alpha value is -2.77. The number of hydrogen-bond donors (Lipinski definition) is 2. The Morgan fingerprint density at radius 3 is 2.54 bits per heavy atom. The Morgan fingerprint density at radius 1 is 1.14 bits per heavy atom. The summed E-state index contributed by atoms with van der Waals surface area (Å²) in [5.74, 6) is -0.751. The molecular formula is C20H19ClN4O2S. The fraction of sp³-hybridized carbons (Fsp3) is 0.200. The lowest BCUT2D eigenvalue weighted by molar-refractivity contribution is -0.118. The van der Waals surface area contributed by atoms with Crippen molar-refractivity contribution in [2.45, 2.75) is 19.9 Å². The molecule has 0 aliphatic rings. The lowest BCUT2D eigenvalue weighted by Gasteiger charge is -2.21. The van der Waals surface area contributed by atoms with Crippen LogP contribution >= 0.6 is 22.9 Å². The summed E-state index contributed by atoms with van der Waals surface area (Å²) in [5.41, 5.74) is 2.05. The molecule has 3 aromatic rings. The van der Waals surface area contributed by atoms with Gasteiger partial charge in [0.25, 0.3) is 5.91 Å². The Labute approximate surface area is 172 Å². The van der Waals surface area contributed by atoms with Crippen molar-refractivity contribution in [3.63, 3.8) is 0 Å². The summed E-state index contributed by atoms with van der Waals surface area (Å²) in [4.78, 5) is 33.7. The molecule has 2 amide bonds. The number of nitrogens with zero attached hydrogens (tertiary/aromatic N) is 2. The van der Waals surface area contributed by atoms with Crippen LogP contribution < -0.4 is 10.6 Å². The van der Waals surface area contributed by atoms with Gasteiger partial charge in [-0.15, -0.1) is 11.3 Å². The molecule has 0 fully saturated rings. The zero-order chi connectivity index (χ0) is 20.1. The third kappa shape index (κ3) is 4.94. The van der Waals surface area contributed by atoms with Crippen LogP contribution in [0.3, 0.4) is 0 Å². The molecular weight excluding hydrogens is 396 g/mol. The fourth-order valence-corrected chi connectivity index (χ4v) is 3.37. The summed E-state index contributed by atoms with van der Waals surface area (Å²) in [7, 11) is 0. The van der Waals surface area contributed by atoms with Gasteiger partial charge in [-0.3, -0.25) is 14.6 Å². The van der Waals surface area contributed by atoms with Gasteiger partial charge in [-0.2, -0.15) is 0 Å². The molecule has 1 atom stereocenters. The highest BCUT2D eigenvalue weighted by Gasteiger charge is 2.25. The van der Waals surface area contributed by atoms with E-state index in [-0.39, 0.29) is 17.7 Å². The van der Waals surface area contributed by atoms with Crippen molar-refractivity contribution in [3.8, 4) is 11.3 Å². The second-order valence-electron chi connectivity index (χ2n) is 6.47. The maximum Gasteiger partial charge on any atom is 0.251 e.